The molecular weight excluding hydrogens is 416 g/mol. The van der Waals surface area contributed by atoms with E-state index in [9.17, 15) is 0 Å². The van der Waals surface area contributed by atoms with Crippen molar-refractivity contribution in [2.75, 3.05) is 0 Å². The summed E-state index contributed by atoms with van der Waals surface area (Å²) in [6.45, 7) is 0. The molecule has 0 aliphatic rings. The summed E-state index contributed by atoms with van der Waals surface area (Å²) in [5.74, 6) is 0. The van der Waals surface area contributed by atoms with Gasteiger partial charge in [0, 0.05) is 4.47 Å². The summed E-state index contributed by atoms with van der Waals surface area (Å²) in [6.07, 6.45) is 0. The van der Waals surface area contributed by atoms with E-state index in [2.05, 4.69) is 15.9 Å². The second kappa shape index (κ2) is 6.43. The SMILES string of the molecule is [2H]c1c([2H])c([2H])c2c(-c3ccc4ccc5ccccc5c4c3)c3c([2H])c([2H])c([2H])c([2H])c3c(Br)c2c1[2H]. The Hall–Kier alpha value is -3.16. The zero-order valence-electron chi connectivity index (χ0n) is 23.1. The number of hydrogen-bond acceptors (Lipinski definition) is 0. The van der Waals surface area contributed by atoms with Gasteiger partial charge >= 0.3 is 0 Å². The van der Waals surface area contributed by atoms with Crippen LogP contribution in [0.3, 0.4) is 0 Å². The van der Waals surface area contributed by atoms with Crippen LogP contribution in [0.1, 0.15) is 11.0 Å². The molecule has 0 radical (unpaired) electrons. The molecule has 0 aliphatic heterocycles. The van der Waals surface area contributed by atoms with Gasteiger partial charge in [-0.25, -0.2) is 0 Å². The van der Waals surface area contributed by atoms with Crippen LogP contribution in [0.25, 0.3) is 54.2 Å². The quantitative estimate of drug-likeness (QED) is 0.177. The standard InChI is InChI=1S/C28H17Br/c29-28-24-11-5-3-9-22(24)27(23-10-4-6-12-25(23)28)20-16-15-19-14-13-18-7-1-2-8-21(18)26(19)17-20/h1-17H/i3D,4D,5D,6D,9D,10D,11D,12D. The smallest absolute Gasteiger partial charge is 0.0616 e. The molecule has 0 saturated carbocycles. The molecule has 0 bridgehead atoms. The third-order valence-electron chi connectivity index (χ3n) is 5.35. The van der Waals surface area contributed by atoms with Crippen LogP contribution >= 0.6 is 15.9 Å². The van der Waals surface area contributed by atoms with E-state index < -0.39 is 24.2 Å². The Bertz CT molecular complexity index is 1900. The molecule has 0 saturated heterocycles. The summed E-state index contributed by atoms with van der Waals surface area (Å²) in [7, 11) is 0. The summed E-state index contributed by atoms with van der Waals surface area (Å²) < 4.78 is 68.3. The van der Waals surface area contributed by atoms with Gasteiger partial charge in [-0.1, -0.05) is 96.9 Å². The first-order valence-electron chi connectivity index (χ1n) is 13.2. The lowest BCUT2D eigenvalue weighted by Crippen LogP contribution is -1.88. The third kappa shape index (κ3) is 2.51. The molecule has 0 N–H and O–H groups in total. The fourth-order valence-electron chi connectivity index (χ4n) is 4.03. The van der Waals surface area contributed by atoms with Gasteiger partial charge in [-0.2, -0.15) is 0 Å². The molecule has 136 valence electrons. The highest BCUT2D eigenvalue weighted by molar-refractivity contribution is 9.10. The molecule has 0 nitrogen and oxygen atoms in total. The predicted octanol–water partition coefficient (Wildman–Crippen LogP) is 8.73. The topological polar surface area (TPSA) is 0 Å². The molecule has 0 aliphatic carbocycles. The van der Waals surface area contributed by atoms with Gasteiger partial charge in [0.1, 0.15) is 0 Å². The van der Waals surface area contributed by atoms with E-state index in [1.54, 1.807) is 0 Å². The van der Waals surface area contributed by atoms with Crippen molar-refractivity contribution < 1.29 is 11.0 Å². The fourth-order valence-corrected chi connectivity index (χ4v) is 4.62. The van der Waals surface area contributed by atoms with Gasteiger partial charge in [-0.3, -0.25) is 0 Å². The minimum absolute atomic E-state index is 0.177. The van der Waals surface area contributed by atoms with E-state index in [0.717, 1.165) is 21.5 Å². The van der Waals surface area contributed by atoms with E-state index in [1.165, 1.54) is 0 Å². The van der Waals surface area contributed by atoms with Crippen LogP contribution in [-0.4, -0.2) is 0 Å². The summed E-state index contributed by atoms with van der Waals surface area (Å²) in [5, 5.41) is 4.73. The van der Waals surface area contributed by atoms with Crippen molar-refractivity contribution in [2.24, 2.45) is 0 Å². The molecule has 0 amide bonds. The maximum Gasteiger partial charge on any atom is 0.0630 e. The van der Waals surface area contributed by atoms with Crippen molar-refractivity contribution in [2.45, 2.75) is 0 Å². The predicted molar refractivity (Wildman–Crippen MR) is 130 cm³/mol. The lowest BCUT2D eigenvalue weighted by molar-refractivity contribution is 1.70. The van der Waals surface area contributed by atoms with Crippen molar-refractivity contribution in [3.8, 4) is 11.1 Å². The third-order valence-corrected chi connectivity index (χ3v) is 6.14. The number of benzene rings is 6. The van der Waals surface area contributed by atoms with Gasteiger partial charge < -0.3 is 0 Å². The largest absolute Gasteiger partial charge is 0.0630 e. The van der Waals surface area contributed by atoms with E-state index in [0.29, 0.717) is 11.1 Å². The zero-order valence-corrected chi connectivity index (χ0v) is 16.7. The Kier molecular flexibility index (Phi) is 2.35. The average Bonchev–Trinajstić information content (AvgIpc) is 2.91. The molecule has 6 rings (SSSR count). The number of halogens is 1. The molecule has 1 heteroatoms. The van der Waals surface area contributed by atoms with Gasteiger partial charge in [-0.05, 0) is 76.2 Å². The number of hydrogen-bond donors (Lipinski definition) is 0. The highest BCUT2D eigenvalue weighted by Gasteiger charge is 2.14. The molecule has 0 spiro atoms. The van der Waals surface area contributed by atoms with Gasteiger partial charge in [0.2, 0.25) is 0 Å². The van der Waals surface area contributed by atoms with Crippen molar-refractivity contribution in [3.05, 3.63) is 107 Å². The number of rotatable bonds is 1. The molecule has 0 unspecified atom stereocenters. The molecule has 0 fully saturated rings. The van der Waals surface area contributed by atoms with Crippen molar-refractivity contribution >= 4 is 59.0 Å². The monoisotopic (exact) mass is 440 g/mol. The first kappa shape index (κ1) is 10.6. The summed E-state index contributed by atoms with van der Waals surface area (Å²) in [6, 6.07) is 15.0. The van der Waals surface area contributed by atoms with Crippen LogP contribution in [0, 0.1) is 0 Å². The Morgan fingerprint density at radius 3 is 1.79 bits per heavy atom. The minimum Gasteiger partial charge on any atom is -0.0616 e. The van der Waals surface area contributed by atoms with Crippen LogP contribution in [0.15, 0.2) is 107 Å². The van der Waals surface area contributed by atoms with Crippen molar-refractivity contribution in [1.29, 1.82) is 0 Å². The molecule has 6 aromatic rings. The summed E-state index contributed by atoms with van der Waals surface area (Å²) >= 11 is 3.45. The van der Waals surface area contributed by atoms with Crippen LogP contribution < -0.4 is 0 Å². The molecule has 29 heavy (non-hydrogen) atoms. The fraction of sp³-hybridized carbons (Fsp3) is 0. The Morgan fingerprint density at radius 1 is 0.552 bits per heavy atom. The summed E-state index contributed by atoms with van der Waals surface area (Å²) in [4.78, 5) is 0. The van der Waals surface area contributed by atoms with Gasteiger partial charge in [0.05, 0.1) is 11.0 Å². The van der Waals surface area contributed by atoms with Crippen LogP contribution in [0.2, 0.25) is 0 Å². The highest BCUT2D eigenvalue weighted by Crippen LogP contribution is 2.42. The molecule has 0 atom stereocenters. The Morgan fingerprint density at radius 2 is 1.10 bits per heavy atom. The van der Waals surface area contributed by atoms with E-state index >= 15 is 0 Å². The molecule has 6 aromatic carbocycles. The second-order valence-corrected chi connectivity index (χ2v) is 7.70. The first-order valence-corrected chi connectivity index (χ1v) is 9.96. The molecule has 0 heterocycles. The van der Waals surface area contributed by atoms with Crippen LogP contribution in [-0.2, 0) is 0 Å². The van der Waals surface area contributed by atoms with Gasteiger partial charge in [0.25, 0.3) is 0 Å². The molecule has 0 aromatic heterocycles. The van der Waals surface area contributed by atoms with Crippen LogP contribution in [0.4, 0.5) is 0 Å². The van der Waals surface area contributed by atoms with E-state index in [1.807, 2.05) is 54.6 Å². The second-order valence-electron chi connectivity index (χ2n) is 6.91. The summed E-state index contributed by atoms with van der Waals surface area (Å²) in [5.41, 5.74) is 0.948. The maximum atomic E-state index is 8.80. The normalized spacial score (nSPS) is 15.5. The number of fused-ring (bicyclic) bond motifs is 5. The average molecular weight is 441 g/mol. The zero-order chi connectivity index (χ0) is 26.3. The molecular formula is C28H17Br. The highest BCUT2D eigenvalue weighted by atomic mass is 79.9. The Balaban J connectivity index is 1.93. The lowest BCUT2D eigenvalue weighted by Gasteiger charge is -2.15. The Labute approximate surface area is 188 Å². The first-order chi connectivity index (χ1) is 17.6. The van der Waals surface area contributed by atoms with E-state index in [-0.39, 0.29) is 50.2 Å². The van der Waals surface area contributed by atoms with Crippen molar-refractivity contribution in [3.63, 3.8) is 0 Å². The van der Waals surface area contributed by atoms with Crippen molar-refractivity contribution in [1.82, 2.24) is 0 Å². The lowest BCUT2D eigenvalue weighted by atomic mass is 9.90. The maximum absolute atomic E-state index is 8.80. The van der Waals surface area contributed by atoms with E-state index in [4.69, 9.17) is 11.0 Å². The van der Waals surface area contributed by atoms with Gasteiger partial charge in [0.15, 0.2) is 0 Å². The van der Waals surface area contributed by atoms with Gasteiger partial charge in [-0.15, -0.1) is 0 Å². The minimum atomic E-state index is -0.408. The van der Waals surface area contributed by atoms with Crippen LogP contribution in [0.5, 0.6) is 0 Å².